The first-order valence-electron chi connectivity index (χ1n) is 7.97. The molecular weight excluding hydrogens is 310 g/mol. The first kappa shape index (κ1) is 14.5. The van der Waals surface area contributed by atoms with Crippen molar-refractivity contribution in [2.24, 2.45) is 0 Å². The van der Waals surface area contributed by atoms with E-state index in [9.17, 15) is 4.79 Å². The average molecular weight is 329 g/mol. The third-order valence-corrected chi connectivity index (χ3v) is 5.30. The molecule has 120 valence electrons. The van der Waals surface area contributed by atoms with Gasteiger partial charge in [0.2, 0.25) is 0 Å². The van der Waals surface area contributed by atoms with Gasteiger partial charge < -0.3 is 14.4 Å². The summed E-state index contributed by atoms with van der Waals surface area (Å²) < 4.78 is 6.53. The van der Waals surface area contributed by atoms with Gasteiger partial charge in [0.15, 0.2) is 0 Å². The van der Waals surface area contributed by atoms with Gasteiger partial charge in [-0.2, -0.15) is 0 Å². The van der Waals surface area contributed by atoms with Crippen LogP contribution in [-0.2, 0) is 0 Å². The van der Waals surface area contributed by atoms with E-state index in [4.69, 9.17) is 4.52 Å². The monoisotopic (exact) mass is 329 g/mol. The molecule has 0 radical (unpaired) electrons. The molecule has 0 aliphatic carbocycles. The molecule has 0 aromatic carbocycles. The Morgan fingerprint density at radius 3 is 3.09 bits per heavy atom. The summed E-state index contributed by atoms with van der Waals surface area (Å²) in [6.07, 6.45) is 1.93. The molecule has 1 aliphatic heterocycles. The van der Waals surface area contributed by atoms with E-state index in [2.05, 4.69) is 24.0 Å². The molecule has 1 amide bonds. The Morgan fingerprint density at radius 2 is 2.35 bits per heavy atom. The number of fused-ring (bicyclic) bond motifs is 1. The van der Waals surface area contributed by atoms with Crippen LogP contribution in [0.1, 0.15) is 60.6 Å². The van der Waals surface area contributed by atoms with Crippen molar-refractivity contribution in [3.8, 4) is 0 Å². The Balaban J connectivity index is 1.61. The molecule has 1 unspecified atom stereocenters. The first-order valence-corrected chi connectivity index (χ1v) is 8.85. The van der Waals surface area contributed by atoms with E-state index in [1.54, 1.807) is 11.3 Å². The van der Waals surface area contributed by atoms with Crippen LogP contribution >= 0.6 is 11.3 Å². The van der Waals surface area contributed by atoms with Crippen molar-refractivity contribution in [1.29, 1.82) is 0 Å². The molecule has 3 aromatic rings. The number of hydrogen-bond acceptors (Lipinski definition) is 4. The summed E-state index contributed by atoms with van der Waals surface area (Å²) in [7, 11) is 0. The number of amides is 1. The summed E-state index contributed by atoms with van der Waals surface area (Å²) in [6, 6.07) is 5.96. The van der Waals surface area contributed by atoms with Crippen molar-refractivity contribution in [1.82, 2.24) is 15.0 Å². The predicted octanol–water partition coefficient (Wildman–Crippen LogP) is 4.32. The number of nitrogens with zero attached hydrogens (tertiary/aromatic N) is 2. The van der Waals surface area contributed by atoms with Crippen molar-refractivity contribution in [3.63, 3.8) is 0 Å². The minimum atomic E-state index is 0.0140. The zero-order chi connectivity index (χ0) is 16.0. The summed E-state index contributed by atoms with van der Waals surface area (Å²) >= 11 is 1.64. The average Bonchev–Trinajstić information content (AvgIpc) is 3.26. The number of rotatable bonds is 3. The summed E-state index contributed by atoms with van der Waals surface area (Å²) in [4.78, 5) is 18.0. The van der Waals surface area contributed by atoms with E-state index >= 15 is 0 Å². The third-order valence-electron chi connectivity index (χ3n) is 4.44. The molecule has 6 heteroatoms. The predicted molar refractivity (Wildman–Crippen MR) is 89.8 cm³/mol. The fraction of sp³-hybridized carbons (Fsp3) is 0.412. The number of aromatic nitrogens is 2. The van der Waals surface area contributed by atoms with Gasteiger partial charge in [-0.3, -0.25) is 4.79 Å². The van der Waals surface area contributed by atoms with Crippen LogP contribution in [0.3, 0.4) is 0 Å². The Hall–Kier alpha value is -2.08. The van der Waals surface area contributed by atoms with E-state index in [0.29, 0.717) is 11.6 Å². The summed E-state index contributed by atoms with van der Waals surface area (Å²) in [5.74, 6) is 1.22. The molecule has 0 saturated carbocycles. The standard InChI is InChI=1S/C17H19N3O2S/c1-10(2)15-8-12(19-22-15)14-4-3-6-20(14)17(21)13-9-16-11(18-13)5-7-23-16/h5,7-10,14,18H,3-4,6H2,1-2H3. The van der Waals surface area contributed by atoms with Gasteiger partial charge >= 0.3 is 0 Å². The zero-order valence-electron chi connectivity index (χ0n) is 13.2. The summed E-state index contributed by atoms with van der Waals surface area (Å²) in [5.41, 5.74) is 2.55. The lowest BCUT2D eigenvalue weighted by molar-refractivity contribution is 0.0726. The quantitative estimate of drug-likeness (QED) is 0.778. The van der Waals surface area contributed by atoms with Crippen LogP contribution in [-0.4, -0.2) is 27.5 Å². The molecule has 1 atom stereocenters. The van der Waals surface area contributed by atoms with Crippen molar-refractivity contribution >= 4 is 27.5 Å². The molecule has 5 nitrogen and oxygen atoms in total. The molecule has 0 bridgehead atoms. The van der Waals surface area contributed by atoms with Gasteiger partial charge in [-0.25, -0.2) is 0 Å². The second kappa shape index (κ2) is 5.53. The molecular formula is C17H19N3O2S. The Kier molecular flexibility index (Phi) is 3.49. The number of H-pyrrole nitrogens is 1. The van der Waals surface area contributed by atoms with Crippen molar-refractivity contribution < 1.29 is 9.32 Å². The maximum Gasteiger partial charge on any atom is 0.270 e. The van der Waals surface area contributed by atoms with Gasteiger partial charge in [-0.1, -0.05) is 19.0 Å². The lowest BCUT2D eigenvalue weighted by Crippen LogP contribution is -2.30. The highest BCUT2D eigenvalue weighted by molar-refractivity contribution is 7.17. The Labute approximate surface area is 138 Å². The first-order chi connectivity index (χ1) is 11.1. The van der Waals surface area contributed by atoms with E-state index < -0.39 is 0 Å². The van der Waals surface area contributed by atoms with Crippen LogP contribution in [0.25, 0.3) is 10.2 Å². The number of nitrogens with one attached hydrogen (secondary N) is 1. The van der Waals surface area contributed by atoms with Gasteiger partial charge in [0.25, 0.3) is 5.91 Å². The van der Waals surface area contributed by atoms with E-state index in [-0.39, 0.29) is 11.9 Å². The lowest BCUT2D eigenvalue weighted by atomic mass is 10.1. The number of carbonyl (C=O) groups is 1. The number of likely N-dealkylation sites (tertiary alicyclic amines) is 1. The number of carbonyl (C=O) groups excluding carboxylic acids is 1. The normalized spacial score (nSPS) is 18.4. The Bertz CT molecular complexity index is 816. The van der Waals surface area contributed by atoms with Crippen molar-refractivity contribution in [2.75, 3.05) is 6.54 Å². The molecule has 4 heterocycles. The minimum absolute atomic E-state index is 0.0140. The van der Waals surface area contributed by atoms with Crippen LogP contribution in [0.4, 0.5) is 0 Å². The van der Waals surface area contributed by atoms with E-state index in [1.165, 1.54) is 0 Å². The molecule has 1 N–H and O–H groups in total. The van der Waals surface area contributed by atoms with Gasteiger partial charge in [0.1, 0.15) is 17.1 Å². The smallest absolute Gasteiger partial charge is 0.270 e. The van der Waals surface area contributed by atoms with Crippen molar-refractivity contribution in [3.05, 3.63) is 40.7 Å². The van der Waals surface area contributed by atoms with Crippen LogP contribution in [0.15, 0.2) is 28.1 Å². The molecule has 23 heavy (non-hydrogen) atoms. The molecule has 1 saturated heterocycles. The largest absolute Gasteiger partial charge is 0.361 e. The van der Waals surface area contributed by atoms with Gasteiger partial charge in [0.05, 0.1) is 16.3 Å². The van der Waals surface area contributed by atoms with E-state index in [0.717, 1.165) is 41.1 Å². The third kappa shape index (κ3) is 2.47. The van der Waals surface area contributed by atoms with E-state index in [1.807, 2.05) is 28.5 Å². The Morgan fingerprint density at radius 1 is 1.48 bits per heavy atom. The molecule has 1 fully saturated rings. The number of thiophene rings is 1. The van der Waals surface area contributed by atoms with Crippen molar-refractivity contribution in [2.45, 2.75) is 38.6 Å². The van der Waals surface area contributed by atoms with Crippen LogP contribution in [0.5, 0.6) is 0 Å². The molecule has 0 spiro atoms. The highest BCUT2D eigenvalue weighted by atomic mass is 32.1. The molecule has 4 rings (SSSR count). The SMILES string of the molecule is CC(C)c1cc(C2CCCN2C(=O)c2cc3sccc3[nH]2)no1. The second-order valence-corrected chi connectivity index (χ2v) is 7.29. The second-order valence-electron chi connectivity index (χ2n) is 6.35. The summed E-state index contributed by atoms with van der Waals surface area (Å²) in [5, 5.41) is 6.23. The fourth-order valence-electron chi connectivity index (χ4n) is 3.17. The fourth-order valence-corrected chi connectivity index (χ4v) is 3.95. The minimum Gasteiger partial charge on any atom is -0.361 e. The van der Waals surface area contributed by atoms with Gasteiger partial charge in [-0.15, -0.1) is 11.3 Å². The highest BCUT2D eigenvalue weighted by Gasteiger charge is 2.33. The van der Waals surface area contributed by atoms with Crippen LogP contribution < -0.4 is 0 Å². The molecule has 1 aliphatic rings. The zero-order valence-corrected chi connectivity index (χ0v) is 14.0. The maximum atomic E-state index is 12.9. The maximum absolute atomic E-state index is 12.9. The van der Waals surface area contributed by atoms with Crippen LogP contribution in [0.2, 0.25) is 0 Å². The van der Waals surface area contributed by atoms with Gasteiger partial charge in [0, 0.05) is 18.5 Å². The number of aromatic amines is 1. The highest BCUT2D eigenvalue weighted by Crippen LogP contribution is 2.34. The lowest BCUT2D eigenvalue weighted by Gasteiger charge is -2.22. The summed E-state index contributed by atoms with van der Waals surface area (Å²) in [6.45, 7) is 4.92. The van der Waals surface area contributed by atoms with Gasteiger partial charge in [-0.05, 0) is 30.4 Å². The molecule has 3 aromatic heterocycles. The number of hydrogen-bond donors (Lipinski definition) is 1. The topological polar surface area (TPSA) is 62.1 Å². The van der Waals surface area contributed by atoms with Crippen LogP contribution in [0, 0.1) is 0 Å².